The third-order valence-electron chi connectivity index (χ3n) is 2.94. The second kappa shape index (κ2) is 6.48. The molecule has 0 bridgehead atoms. The molecule has 20 heavy (non-hydrogen) atoms. The molecule has 0 amide bonds. The highest BCUT2D eigenvalue weighted by Crippen LogP contribution is 2.30. The number of ether oxygens (including phenoxy) is 1. The molecule has 0 saturated heterocycles. The molecule has 0 aliphatic carbocycles. The maximum Gasteiger partial charge on any atom is 0.146 e. The van der Waals surface area contributed by atoms with Crippen molar-refractivity contribution >= 4 is 0 Å². The quantitative estimate of drug-likeness (QED) is 0.908. The first kappa shape index (κ1) is 14.5. The molecule has 2 aromatic rings. The van der Waals surface area contributed by atoms with Crippen LogP contribution in [0, 0.1) is 5.82 Å². The van der Waals surface area contributed by atoms with Crippen molar-refractivity contribution in [2.75, 3.05) is 7.05 Å². The minimum Gasteiger partial charge on any atom is -0.491 e. The number of aromatic nitrogens is 1. The van der Waals surface area contributed by atoms with Crippen LogP contribution >= 0.6 is 0 Å². The second-order valence-electron chi connectivity index (χ2n) is 4.80. The topological polar surface area (TPSA) is 34.1 Å². The van der Waals surface area contributed by atoms with Crippen LogP contribution in [0.1, 0.15) is 31.1 Å². The summed E-state index contributed by atoms with van der Waals surface area (Å²) in [5, 5.41) is 3.11. The largest absolute Gasteiger partial charge is 0.491 e. The zero-order valence-corrected chi connectivity index (χ0v) is 11.9. The summed E-state index contributed by atoms with van der Waals surface area (Å²) in [6, 6.07) is 10.3. The van der Waals surface area contributed by atoms with Gasteiger partial charge in [0.05, 0.1) is 17.8 Å². The number of nitrogens with one attached hydrogen (secondary N) is 1. The summed E-state index contributed by atoms with van der Waals surface area (Å²) in [7, 11) is 1.78. The number of halogens is 1. The van der Waals surface area contributed by atoms with Crippen LogP contribution in [0.15, 0.2) is 42.6 Å². The Morgan fingerprint density at radius 2 is 1.90 bits per heavy atom. The number of para-hydroxylation sites is 1. The Balaban J connectivity index is 2.45. The number of benzene rings is 1. The third-order valence-corrected chi connectivity index (χ3v) is 2.94. The van der Waals surface area contributed by atoms with E-state index in [4.69, 9.17) is 4.74 Å². The molecular formula is C16H19FN2O. The molecule has 0 aliphatic heterocycles. The summed E-state index contributed by atoms with van der Waals surface area (Å²) in [5.74, 6) is 0.415. The highest BCUT2D eigenvalue weighted by Gasteiger charge is 2.21. The maximum absolute atomic E-state index is 14.0. The maximum atomic E-state index is 14.0. The molecule has 3 nitrogen and oxygen atoms in total. The van der Waals surface area contributed by atoms with Gasteiger partial charge in [0.25, 0.3) is 0 Å². The molecule has 0 saturated carbocycles. The zero-order valence-electron chi connectivity index (χ0n) is 11.9. The average Bonchev–Trinajstić information content (AvgIpc) is 2.43. The fraction of sp³-hybridized carbons (Fsp3) is 0.312. The number of nitrogens with zero attached hydrogens (tertiary/aromatic N) is 1. The van der Waals surface area contributed by atoms with Gasteiger partial charge in [-0.3, -0.25) is 4.98 Å². The first-order valence-corrected chi connectivity index (χ1v) is 6.66. The highest BCUT2D eigenvalue weighted by atomic mass is 19.1. The lowest BCUT2D eigenvalue weighted by molar-refractivity contribution is 0.238. The Bertz CT molecular complexity index is 572. The van der Waals surface area contributed by atoms with Gasteiger partial charge in [0.2, 0.25) is 0 Å². The monoisotopic (exact) mass is 274 g/mol. The molecule has 1 aromatic heterocycles. The van der Waals surface area contributed by atoms with Crippen molar-refractivity contribution in [3.63, 3.8) is 0 Å². The number of hydrogen-bond donors (Lipinski definition) is 1. The predicted octanol–water partition coefficient (Wildman–Crippen LogP) is 3.32. The van der Waals surface area contributed by atoms with E-state index in [-0.39, 0.29) is 18.0 Å². The molecular weight excluding hydrogens is 255 g/mol. The van der Waals surface area contributed by atoms with E-state index in [1.54, 1.807) is 19.3 Å². The van der Waals surface area contributed by atoms with E-state index in [0.29, 0.717) is 5.69 Å². The van der Waals surface area contributed by atoms with Crippen molar-refractivity contribution in [1.82, 2.24) is 10.3 Å². The van der Waals surface area contributed by atoms with Crippen LogP contribution in [0.25, 0.3) is 0 Å². The second-order valence-corrected chi connectivity index (χ2v) is 4.80. The molecule has 0 aliphatic rings. The lowest BCUT2D eigenvalue weighted by Crippen LogP contribution is -2.21. The van der Waals surface area contributed by atoms with Gasteiger partial charge in [-0.2, -0.15) is 0 Å². The van der Waals surface area contributed by atoms with E-state index >= 15 is 0 Å². The molecule has 1 atom stereocenters. The van der Waals surface area contributed by atoms with Gasteiger partial charge in [0, 0.05) is 11.8 Å². The smallest absolute Gasteiger partial charge is 0.146 e. The van der Waals surface area contributed by atoms with E-state index in [2.05, 4.69) is 10.3 Å². The summed E-state index contributed by atoms with van der Waals surface area (Å²) >= 11 is 0. The summed E-state index contributed by atoms with van der Waals surface area (Å²) in [4.78, 5) is 4.15. The molecule has 2 rings (SSSR count). The molecule has 0 fully saturated rings. The summed E-state index contributed by atoms with van der Waals surface area (Å²) < 4.78 is 19.8. The van der Waals surface area contributed by atoms with Gasteiger partial charge >= 0.3 is 0 Å². The van der Waals surface area contributed by atoms with Gasteiger partial charge in [-0.05, 0) is 39.1 Å². The van der Waals surface area contributed by atoms with Crippen LogP contribution in [0.5, 0.6) is 5.75 Å². The van der Waals surface area contributed by atoms with Crippen molar-refractivity contribution < 1.29 is 9.13 Å². The SMILES string of the molecule is CNC(c1ccccc1OC(C)C)c1ncccc1F. The fourth-order valence-electron chi connectivity index (χ4n) is 2.13. The van der Waals surface area contributed by atoms with Crippen molar-refractivity contribution in [3.8, 4) is 5.75 Å². The molecule has 1 aromatic carbocycles. The first-order valence-electron chi connectivity index (χ1n) is 6.66. The molecule has 0 radical (unpaired) electrons. The van der Waals surface area contributed by atoms with Gasteiger partial charge in [0.15, 0.2) is 0 Å². The summed E-state index contributed by atoms with van der Waals surface area (Å²) in [5.41, 5.74) is 1.25. The summed E-state index contributed by atoms with van der Waals surface area (Å²) in [6.45, 7) is 3.93. The highest BCUT2D eigenvalue weighted by molar-refractivity contribution is 5.40. The lowest BCUT2D eigenvalue weighted by Gasteiger charge is -2.21. The van der Waals surface area contributed by atoms with Gasteiger partial charge in [-0.15, -0.1) is 0 Å². The van der Waals surface area contributed by atoms with Crippen LogP contribution in [0.4, 0.5) is 4.39 Å². The van der Waals surface area contributed by atoms with Crippen LogP contribution in [0.3, 0.4) is 0 Å². The van der Waals surface area contributed by atoms with Crippen molar-refractivity contribution in [2.45, 2.75) is 26.0 Å². The van der Waals surface area contributed by atoms with Crippen LogP contribution in [0.2, 0.25) is 0 Å². The van der Waals surface area contributed by atoms with Crippen molar-refractivity contribution in [1.29, 1.82) is 0 Å². The lowest BCUT2D eigenvalue weighted by atomic mass is 10.0. The number of pyridine rings is 1. The average molecular weight is 274 g/mol. The van der Waals surface area contributed by atoms with Gasteiger partial charge in [0.1, 0.15) is 11.6 Å². The van der Waals surface area contributed by atoms with E-state index in [9.17, 15) is 4.39 Å². The van der Waals surface area contributed by atoms with Gasteiger partial charge < -0.3 is 10.1 Å². The molecule has 1 N–H and O–H groups in total. The minimum absolute atomic E-state index is 0.0576. The van der Waals surface area contributed by atoms with Crippen LogP contribution in [-0.4, -0.2) is 18.1 Å². The van der Waals surface area contributed by atoms with Gasteiger partial charge in [-0.1, -0.05) is 18.2 Å². The Morgan fingerprint density at radius 3 is 2.55 bits per heavy atom. The molecule has 1 heterocycles. The van der Waals surface area contributed by atoms with E-state index in [0.717, 1.165) is 11.3 Å². The van der Waals surface area contributed by atoms with E-state index in [1.165, 1.54) is 6.07 Å². The number of hydrogen-bond acceptors (Lipinski definition) is 3. The molecule has 4 heteroatoms. The summed E-state index contributed by atoms with van der Waals surface area (Å²) in [6.07, 6.45) is 1.65. The Kier molecular flexibility index (Phi) is 4.69. The molecule has 1 unspecified atom stereocenters. The zero-order chi connectivity index (χ0) is 14.5. The Hall–Kier alpha value is -1.94. The van der Waals surface area contributed by atoms with Crippen molar-refractivity contribution in [2.24, 2.45) is 0 Å². The van der Waals surface area contributed by atoms with E-state index in [1.807, 2.05) is 38.1 Å². The van der Waals surface area contributed by atoms with Crippen LogP contribution in [-0.2, 0) is 0 Å². The minimum atomic E-state index is -0.342. The standard InChI is InChI=1S/C16H19FN2O/c1-11(2)20-14-9-5-4-7-12(14)15(18-3)16-13(17)8-6-10-19-16/h4-11,15,18H,1-3H3. The van der Waals surface area contributed by atoms with E-state index < -0.39 is 0 Å². The number of rotatable bonds is 5. The predicted molar refractivity (Wildman–Crippen MR) is 77.3 cm³/mol. The fourth-order valence-corrected chi connectivity index (χ4v) is 2.13. The normalized spacial score (nSPS) is 12.4. The molecule has 0 spiro atoms. The van der Waals surface area contributed by atoms with Crippen LogP contribution < -0.4 is 10.1 Å². The van der Waals surface area contributed by atoms with Gasteiger partial charge in [-0.25, -0.2) is 4.39 Å². The van der Waals surface area contributed by atoms with Crippen molar-refractivity contribution in [3.05, 3.63) is 59.7 Å². The third kappa shape index (κ3) is 3.14. The first-order chi connectivity index (χ1) is 9.63. The Morgan fingerprint density at radius 1 is 1.15 bits per heavy atom. The molecule has 106 valence electrons. The Labute approximate surface area is 118 Å².